The van der Waals surface area contributed by atoms with E-state index in [-0.39, 0.29) is 30.7 Å². The minimum atomic E-state index is -0.318. The van der Waals surface area contributed by atoms with Crippen LogP contribution in [0.25, 0.3) is 0 Å². The summed E-state index contributed by atoms with van der Waals surface area (Å²) < 4.78 is 18.5. The molecule has 0 aromatic heterocycles. The molecule has 0 aliphatic carbocycles. The second kappa shape index (κ2) is 11.2. The Kier molecular flexibility index (Phi) is 8.61. The van der Waals surface area contributed by atoms with Gasteiger partial charge in [-0.2, -0.15) is 0 Å². The van der Waals surface area contributed by atoms with Gasteiger partial charge in [-0.1, -0.05) is 12.1 Å². The molecule has 7 heteroatoms. The number of carbonyl (C=O) groups is 2. The maximum absolute atomic E-state index is 13.4. The van der Waals surface area contributed by atoms with Gasteiger partial charge in [0.15, 0.2) is 13.1 Å². The molecule has 2 rings (SSSR count). The van der Waals surface area contributed by atoms with Crippen LogP contribution >= 0.6 is 0 Å². The number of amides is 2. The summed E-state index contributed by atoms with van der Waals surface area (Å²) in [5.41, 5.74) is 1.43. The van der Waals surface area contributed by atoms with E-state index in [1.54, 1.807) is 48.4 Å². The number of rotatable bonds is 10. The average molecular weight is 402 g/mol. The Hall–Kier alpha value is -2.93. The number of halogens is 1. The fourth-order valence-corrected chi connectivity index (χ4v) is 2.98. The van der Waals surface area contributed by atoms with Crippen LogP contribution in [-0.2, 0) is 16.1 Å². The Balaban J connectivity index is 1.90. The Bertz CT molecular complexity index is 811. The first-order valence-electron chi connectivity index (χ1n) is 9.74. The van der Waals surface area contributed by atoms with Gasteiger partial charge in [0.1, 0.15) is 11.6 Å². The highest BCUT2D eigenvalue weighted by Crippen LogP contribution is 2.14. The summed E-state index contributed by atoms with van der Waals surface area (Å²) in [7, 11) is 1.58. The van der Waals surface area contributed by atoms with Crippen LogP contribution < -0.4 is 15.0 Å². The number of anilines is 1. The molecule has 156 valence electrons. The summed E-state index contributed by atoms with van der Waals surface area (Å²) in [5, 5.41) is 2.84. The lowest BCUT2D eigenvalue weighted by Gasteiger charge is -2.24. The van der Waals surface area contributed by atoms with Crippen LogP contribution in [0.4, 0.5) is 10.1 Å². The summed E-state index contributed by atoms with van der Waals surface area (Å²) in [6.45, 7) is 5.72. The molecular formula is C22H29FN3O3+. The Labute approximate surface area is 171 Å². The number of likely N-dealkylation sites (N-methyl/N-ethyl adjacent to an activating group) is 2. The van der Waals surface area contributed by atoms with Gasteiger partial charge >= 0.3 is 0 Å². The lowest BCUT2D eigenvalue weighted by Crippen LogP contribution is -3.13. The third-order valence-corrected chi connectivity index (χ3v) is 4.68. The topological polar surface area (TPSA) is 63.1 Å². The minimum Gasteiger partial charge on any atom is -0.497 e. The molecule has 0 saturated carbocycles. The number of nitrogens with zero attached hydrogens (tertiary/aromatic N) is 1. The van der Waals surface area contributed by atoms with E-state index in [4.69, 9.17) is 4.74 Å². The van der Waals surface area contributed by atoms with E-state index in [2.05, 4.69) is 5.32 Å². The van der Waals surface area contributed by atoms with Crippen LogP contribution in [0.15, 0.2) is 48.5 Å². The number of methoxy groups -OCH3 is 1. The highest BCUT2D eigenvalue weighted by atomic mass is 19.1. The van der Waals surface area contributed by atoms with Gasteiger partial charge in [0.2, 0.25) is 0 Å². The lowest BCUT2D eigenvalue weighted by molar-refractivity contribution is -0.882. The fraction of sp³-hybridized carbons (Fsp3) is 0.364. The van der Waals surface area contributed by atoms with Gasteiger partial charge in [-0.15, -0.1) is 0 Å². The summed E-state index contributed by atoms with van der Waals surface area (Å²) in [4.78, 5) is 27.6. The van der Waals surface area contributed by atoms with Crippen molar-refractivity contribution in [3.63, 3.8) is 0 Å². The average Bonchev–Trinajstić information content (AvgIpc) is 2.72. The SMILES string of the molecule is CCN(Cc1cccc(F)c1)C(=O)C[NH+](CC)CC(=O)Nc1ccc(OC)cc1. The van der Waals surface area contributed by atoms with Crippen molar-refractivity contribution >= 4 is 17.5 Å². The van der Waals surface area contributed by atoms with Gasteiger partial charge in [-0.05, 0) is 55.8 Å². The number of nitrogens with one attached hydrogen (secondary N) is 2. The zero-order valence-corrected chi connectivity index (χ0v) is 17.2. The second-order valence-electron chi connectivity index (χ2n) is 6.77. The van der Waals surface area contributed by atoms with Gasteiger partial charge in [-0.3, -0.25) is 9.59 Å². The van der Waals surface area contributed by atoms with Crippen molar-refractivity contribution in [1.82, 2.24) is 4.90 Å². The zero-order valence-electron chi connectivity index (χ0n) is 17.2. The summed E-state index contributed by atoms with van der Waals surface area (Å²) in [6, 6.07) is 13.3. The third kappa shape index (κ3) is 7.19. The van der Waals surface area contributed by atoms with Crippen molar-refractivity contribution in [2.24, 2.45) is 0 Å². The van der Waals surface area contributed by atoms with Gasteiger partial charge < -0.3 is 19.9 Å². The van der Waals surface area contributed by atoms with Crippen LogP contribution in [0.1, 0.15) is 19.4 Å². The van der Waals surface area contributed by atoms with Crippen molar-refractivity contribution < 1.29 is 23.6 Å². The second-order valence-corrected chi connectivity index (χ2v) is 6.77. The predicted molar refractivity (Wildman–Crippen MR) is 110 cm³/mol. The maximum Gasteiger partial charge on any atom is 0.279 e. The van der Waals surface area contributed by atoms with Gasteiger partial charge in [0.05, 0.1) is 13.7 Å². The number of quaternary nitrogens is 1. The number of carbonyl (C=O) groups excluding carboxylic acids is 2. The van der Waals surface area contributed by atoms with Gasteiger partial charge in [0.25, 0.3) is 11.8 Å². The Morgan fingerprint density at radius 1 is 1.10 bits per heavy atom. The smallest absolute Gasteiger partial charge is 0.279 e. The lowest BCUT2D eigenvalue weighted by atomic mass is 10.2. The normalized spacial score (nSPS) is 11.6. The molecule has 0 aliphatic rings. The predicted octanol–water partition coefficient (Wildman–Crippen LogP) is 1.73. The summed E-state index contributed by atoms with van der Waals surface area (Å²) in [6.07, 6.45) is 0. The van der Waals surface area contributed by atoms with Crippen LogP contribution in [-0.4, -0.2) is 50.0 Å². The van der Waals surface area contributed by atoms with Crippen LogP contribution in [0.5, 0.6) is 5.75 Å². The monoisotopic (exact) mass is 402 g/mol. The van der Waals surface area contributed by atoms with E-state index in [0.717, 1.165) is 10.5 Å². The molecule has 2 aromatic rings. The number of hydrogen-bond acceptors (Lipinski definition) is 3. The zero-order chi connectivity index (χ0) is 21.2. The molecule has 2 N–H and O–H groups in total. The highest BCUT2D eigenvalue weighted by Gasteiger charge is 2.21. The molecule has 0 aliphatic heterocycles. The Morgan fingerprint density at radius 3 is 2.41 bits per heavy atom. The molecule has 2 aromatic carbocycles. The largest absolute Gasteiger partial charge is 0.497 e. The van der Waals surface area contributed by atoms with E-state index in [0.29, 0.717) is 31.1 Å². The number of hydrogen-bond donors (Lipinski definition) is 2. The molecule has 2 amide bonds. The third-order valence-electron chi connectivity index (χ3n) is 4.68. The molecule has 6 nitrogen and oxygen atoms in total. The quantitative estimate of drug-likeness (QED) is 0.636. The van der Waals surface area contributed by atoms with E-state index >= 15 is 0 Å². The minimum absolute atomic E-state index is 0.0640. The van der Waals surface area contributed by atoms with E-state index in [1.807, 2.05) is 13.8 Å². The molecule has 0 spiro atoms. The van der Waals surface area contributed by atoms with Crippen molar-refractivity contribution in [2.45, 2.75) is 20.4 Å². The molecular weight excluding hydrogens is 373 g/mol. The summed E-state index contributed by atoms with van der Waals surface area (Å²) in [5.74, 6) is 0.174. The van der Waals surface area contributed by atoms with Crippen LogP contribution in [0.2, 0.25) is 0 Å². The molecule has 0 saturated heterocycles. The number of ether oxygens (including phenoxy) is 1. The van der Waals surface area contributed by atoms with Crippen molar-refractivity contribution in [3.05, 3.63) is 59.9 Å². The first-order valence-corrected chi connectivity index (χ1v) is 9.74. The van der Waals surface area contributed by atoms with Gasteiger partial charge in [0, 0.05) is 18.8 Å². The maximum atomic E-state index is 13.4. The first-order chi connectivity index (χ1) is 13.9. The molecule has 1 unspecified atom stereocenters. The highest BCUT2D eigenvalue weighted by molar-refractivity contribution is 5.91. The van der Waals surface area contributed by atoms with E-state index in [1.165, 1.54) is 12.1 Å². The van der Waals surface area contributed by atoms with E-state index < -0.39 is 0 Å². The number of benzene rings is 2. The van der Waals surface area contributed by atoms with Crippen LogP contribution in [0.3, 0.4) is 0 Å². The molecule has 0 radical (unpaired) electrons. The van der Waals surface area contributed by atoms with Crippen molar-refractivity contribution in [2.75, 3.05) is 38.6 Å². The summed E-state index contributed by atoms with van der Waals surface area (Å²) >= 11 is 0. The van der Waals surface area contributed by atoms with Crippen molar-refractivity contribution in [3.8, 4) is 5.75 Å². The fourth-order valence-electron chi connectivity index (χ4n) is 2.98. The molecule has 0 bridgehead atoms. The Morgan fingerprint density at radius 2 is 1.83 bits per heavy atom. The molecule has 1 atom stereocenters. The first kappa shape index (κ1) is 22.4. The molecule has 29 heavy (non-hydrogen) atoms. The molecule has 0 fully saturated rings. The molecule has 0 heterocycles. The van der Waals surface area contributed by atoms with Crippen molar-refractivity contribution in [1.29, 1.82) is 0 Å². The standard InChI is InChI=1S/C22H28FN3O3/c1-4-25(15-21(27)24-19-9-11-20(29-3)12-10-19)16-22(28)26(5-2)14-17-7-6-8-18(23)13-17/h6-13H,4-5,14-16H2,1-3H3,(H,24,27)/p+1. The van der Waals surface area contributed by atoms with Gasteiger partial charge in [-0.25, -0.2) is 4.39 Å². The van der Waals surface area contributed by atoms with Crippen LogP contribution in [0, 0.1) is 5.82 Å². The van der Waals surface area contributed by atoms with E-state index in [9.17, 15) is 14.0 Å².